The van der Waals surface area contributed by atoms with Gasteiger partial charge in [0.25, 0.3) is 0 Å². The van der Waals surface area contributed by atoms with Gasteiger partial charge in [-0.2, -0.15) is 0 Å². The van der Waals surface area contributed by atoms with Crippen LogP contribution in [0.25, 0.3) is 0 Å². The van der Waals surface area contributed by atoms with Crippen LogP contribution in [0.2, 0.25) is 0 Å². The highest BCUT2D eigenvalue weighted by molar-refractivity contribution is 14.1. The Morgan fingerprint density at radius 3 is 2.58 bits per heavy atom. The monoisotopic (exact) mass is 447 g/mol. The fourth-order valence-electron chi connectivity index (χ4n) is 1.74. The van der Waals surface area contributed by atoms with Crippen molar-refractivity contribution in [2.24, 2.45) is 5.73 Å². The van der Waals surface area contributed by atoms with Crippen LogP contribution in [0.1, 0.15) is 5.56 Å². The van der Waals surface area contributed by atoms with Crippen molar-refractivity contribution in [2.75, 3.05) is 5.75 Å². The molecule has 0 amide bonds. The summed E-state index contributed by atoms with van der Waals surface area (Å²) in [6.07, 6.45) is 0.928. The van der Waals surface area contributed by atoms with Gasteiger partial charge in [0.2, 0.25) is 0 Å². The molecule has 0 bridgehead atoms. The van der Waals surface area contributed by atoms with Crippen molar-refractivity contribution in [1.82, 2.24) is 0 Å². The minimum atomic E-state index is 0.184. The largest absolute Gasteiger partial charge is 0.327 e. The molecule has 2 aromatic rings. The molecule has 0 fully saturated rings. The predicted molar refractivity (Wildman–Crippen MR) is 95.7 cm³/mol. The third-order valence-corrected chi connectivity index (χ3v) is 5.07. The van der Waals surface area contributed by atoms with Gasteiger partial charge in [-0.25, -0.2) is 0 Å². The molecule has 2 aromatic carbocycles. The lowest BCUT2D eigenvalue weighted by Gasteiger charge is -2.11. The Balaban J connectivity index is 1.84. The number of thioether (sulfide) groups is 1. The van der Waals surface area contributed by atoms with Crippen LogP contribution in [0, 0.1) is 3.57 Å². The van der Waals surface area contributed by atoms with E-state index in [0.29, 0.717) is 0 Å². The van der Waals surface area contributed by atoms with Crippen molar-refractivity contribution in [3.05, 3.63) is 62.1 Å². The number of hydrogen-bond acceptors (Lipinski definition) is 2. The van der Waals surface area contributed by atoms with Gasteiger partial charge >= 0.3 is 0 Å². The van der Waals surface area contributed by atoms with E-state index in [-0.39, 0.29) is 6.04 Å². The summed E-state index contributed by atoms with van der Waals surface area (Å²) in [5.41, 5.74) is 7.50. The molecule has 100 valence electrons. The molecule has 0 saturated heterocycles. The van der Waals surface area contributed by atoms with Crippen LogP contribution in [0.5, 0.6) is 0 Å². The quantitative estimate of drug-likeness (QED) is 0.530. The lowest BCUT2D eigenvalue weighted by Crippen LogP contribution is -2.25. The summed E-state index contributed by atoms with van der Waals surface area (Å²) in [4.78, 5) is 1.26. The maximum Gasteiger partial charge on any atom is 0.0186 e. The second-order valence-electron chi connectivity index (χ2n) is 4.36. The first-order valence-corrected chi connectivity index (χ1v) is 8.87. The maximum atomic E-state index is 6.20. The topological polar surface area (TPSA) is 26.0 Å². The first kappa shape index (κ1) is 15.4. The Bertz CT molecular complexity index is 530. The number of benzene rings is 2. The van der Waals surface area contributed by atoms with Gasteiger partial charge in [0.05, 0.1) is 0 Å². The van der Waals surface area contributed by atoms with Crippen LogP contribution in [0.3, 0.4) is 0 Å². The minimum absolute atomic E-state index is 0.184. The number of hydrogen-bond donors (Lipinski definition) is 1. The van der Waals surface area contributed by atoms with E-state index >= 15 is 0 Å². The average molecular weight is 448 g/mol. The van der Waals surface area contributed by atoms with E-state index in [1.807, 2.05) is 17.8 Å². The number of nitrogens with two attached hydrogens (primary N) is 1. The summed E-state index contributed by atoms with van der Waals surface area (Å²) in [6.45, 7) is 0. The summed E-state index contributed by atoms with van der Waals surface area (Å²) in [5, 5.41) is 0. The Labute approximate surface area is 140 Å². The molecule has 1 nitrogen and oxygen atoms in total. The van der Waals surface area contributed by atoms with Gasteiger partial charge in [-0.1, -0.05) is 34.1 Å². The van der Waals surface area contributed by atoms with E-state index in [1.54, 1.807) is 0 Å². The lowest BCUT2D eigenvalue weighted by molar-refractivity contribution is 0.748. The molecule has 0 spiro atoms. The SMILES string of the molecule is NC(CSc1cccc(Br)c1)Cc1ccc(I)cc1. The van der Waals surface area contributed by atoms with Crippen molar-refractivity contribution < 1.29 is 0 Å². The molecular formula is C15H15BrINS. The molecule has 2 N–H and O–H groups in total. The van der Waals surface area contributed by atoms with E-state index in [9.17, 15) is 0 Å². The van der Waals surface area contributed by atoms with E-state index in [4.69, 9.17) is 5.73 Å². The van der Waals surface area contributed by atoms with Crippen LogP contribution in [-0.2, 0) is 6.42 Å². The van der Waals surface area contributed by atoms with E-state index in [1.165, 1.54) is 14.0 Å². The molecule has 1 atom stereocenters. The van der Waals surface area contributed by atoms with Gasteiger partial charge < -0.3 is 5.73 Å². The average Bonchev–Trinajstić information content (AvgIpc) is 2.39. The van der Waals surface area contributed by atoms with Crippen molar-refractivity contribution in [1.29, 1.82) is 0 Å². The highest BCUT2D eigenvalue weighted by Gasteiger charge is 2.05. The third-order valence-electron chi connectivity index (χ3n) is 2.67. The zero-order chi connectivity index (χ0) is 13.7. The molecule has 1 unspecified atom stereocenters. The van der Waals surface area contributed by atoms with E-state index in [0.717, 1.165) is 16.6 Å². The molecule has 0 heterocycles. The van der Waals surface area contributed by atoms with Crippen LogP contribution >= 0.6 is 50.3 Å². The molecule has 0 aliphatic carbocycles. The summed E-state index contributed by atoms with van der Waals surface area (Å²) >= 11 is 7.61. The Hall–Kier alpha value is -0.0400. The molecule has 0 saturated carbocycles. The highest BCUT2D eigenvalue weighted by Crippen LogP contribution is 2.22. The van der Waals surface area contributed by atoms with E-state index < -0.39 is 0 Å². The standard InChI is InChI=1S/C15H15BrINS/c16-12-2-1-3-15(9-12)19-10-14(18)8-11-4-6-13(17)7-5-11/h1-7,9,14H,8,10,18H2. The molecule has 0 aromatic heterocycles. The molecule has 2 rings (SSSR count). The van der Waals surface area contributed by atoms with Crippen LogP contribution in [0.15, 0.2) is 57.9 Å². The summed E-state index contributed by atoms with van der Waals surface area (Å²) < 4.78 is 2.38. The summed E-state index contributed by atoms with van der Waals surface area (Å²) in [6, 6.07) is 17.1. The van der Waals surface area contributed by atoms with E-state index in [2.05, 4.69) is 81.0 Å². The van der Waals surface area contributed by atoms with Gasteiger partial charge in [-0.05, 0) is 64.9 Å². The first-order chi connectivity index (χ1) is 9.13. The fourth-order valence-corrected chi connectivity index (χ4v) is 3.56. The Morgan fingerprint density at radius 1 is 1.16 bits per heavy atom. The van der Waals surface area contributed by atoms with Gasteiger partial charge in [0.15, 0.2) is 0 Å². The van der Waals surface area contributed by atoms with Gasteiger partial charge in [0, 0.05) is 24.7 Å². The normalized spacial score (nSPS) is 12.4. The van der Waals surface area contributed by atoms with Crippen molar-refractivity contribution in [3.8, 4) is 0 Å². The smallest absolute Gasteiger partial charge is 0.0186 e. The van der Waals surface area contributed by atoms with Crippen LogP contribution < -0.4 is 5.73 Å². The zero-order valence-corrected chi connectivity index (χ0v) is 14.9. The van der Waals surface area contributed by atoms with Gasteiger partial charge in [-0.3, -0.25) is 0 Å². The fraction of sp³-hybridized carbons (Fsp3) is 0.200. The molecule has 4 heteroatoms. The lowest BCUT2D eigenvalue weighted by atomic mass is 10.1. The van der Waals surface area contributed by atoms with Crippen molar-refractivity contribution in [2.45, 2.75) is 17.4 Å². The summed E-state index contributed by atoms with van der Waals surface area (Å²) in [5.74, 6) is 0.933. The van der Waals surface area contributed by atoms with Crippen molar-refractivity contribution >= 4 is 50.3 Å². The van der Waals surface area contributed by atoms with Crippen molar-refractivity contribution in [3.63, 3.8) is 0 Å². The molecule has 0 aliphatic heterocycles. The van der Waals surface area contributed by atoms with Crippen LogP contribution in [-0.4, -0.2) is 11.8 Å². The highest BCUT2D eigenvalue weighted by atomic mass is 127. The Morgan fingerprint density at radius 2 is 1.89 bits per heavy atom. The molecular weight excluding hydrogens is 433 g/mol. The first-order valence-electron chi connectivity index (χ1n) is 6.02. The molecule has 0 aliphatic rings. The summed E-state index contributed by atoms with van der Waals surface area (Å²) in [7, 11) is 0. The van der Waals surface area contributed by atoms with Crippen LogP contribution in [0.4, 0.5) is 0 Å². The number of halogens is 2. The third kappa shape index (κ3) is 5.45. The predicted octanol–water partition coefficient (Wildman–Crippen LogP) is 4.72. The molecule has 0 radical (unpaired) electrons. The van der Waals surface area contributed by atoms with Gasteiger partial charge in [-0.15, -0.1) is 11.8 Å². The zero-order valence-electron chi connectivity index (χ0n) is 10.4. The number of rotatable bonds is 5. The van der Waals surface area contributed by atoms with Gasteiger partial charge in [0.1, 0.15) is 0 Å². The second kappa shape index (κ2) is 7.67. The Kier molecular flexibility index (Phi) is 6.19. The maximum absolute atomic E-state index is 6.20. The minimum Gasteiger partial charge on any atom is -0.327 e. The second-order valence-corrected chi connectivity index (χ2v) is 7.61. The molecule has 19 heavy (non-hydrogen) atoms.